The van der Waals surface area contributed by atoms with Gasteiger partial charge in [0.05, 0.1) is 5.71 Å². The molecule has 0 bridgehead atoms. The van der Waals surface area contributed by atoms with Gasteiger partial charge in [0.2, 0.25) is 0 Å². The van der Waals surface area contributed by atoms with Crippen molar-refractivity contribution in [3.63, 3.8) is 0 Å². The van der Waals surface area contributed by atoms with Crippen molar-refractivity contribution < 1.29 is 9.60 Å². The van der Waals surface area contributed by atoms with Crippen LogP contribution in [0.3, 0.4) is 0 Å². The third-order valence-corrected chi connectivity index (χ3v) is 5.16. The summed E-state index contributed by atoms with van der Waals surface area (Å²) in [6.07, 6.45) is 2.18. The van der Waals surface area contributed by atoms with Crippen molar-refractivity contribution in [3.8, 4) is 0 Å². The van der Waals surface area contributed by atoms with E-state index in [0.717, 1.165) is 32.4 Å². The molecular formula is C22H20BrFN2O. The summed E-state index contributed by atoms with van der Waals surface area (Å²) in [5.41, 5.74) is 5.19. The second kappa shape index (κ2) is 8.44. The molecular weight excluding hydrogens is 407 g/mol. The van der Waals surface area contributed by atoms with Crippen LogP contribution in [0.2, 0.25) is 0 Å². The van der Waals surface area contributed by atoms with Gasteiger partial charge in [-0.3, -0.25) is 4.98 Å². The zero-order chi connectivity index (χ0) is 19.4. The van der Waals surface area contributed by atoms with Gasteiger partial charge in [-0.05, 0) is 66.9 Å². The van der Waals surface area contributed by atoms with Crippen LogP contribution in [0, 0.1) is 19.7 Å². The molecule has 3 aromatic rings. The lowest BCUT2D eigenvalue weighted by molar-refractivity contribution is 0.317. The second-order valence-electron chi connectivity index (χ2n) is 6.54. The molecule has 0 saturated carbocycles. The third kappa shape index (κ3) is 4.61. The van der Waals surface area contributed by atoms with E-state index in [9.17, 15) is 9.60 Å². The normalized spacial score (nSPS) is 12.8. The Labute approximate surface area is 166 Å². The SMILES string of the molecule is Cc1cc(/C(CC(c2ccc(Br)cc2)c2ccc(F)cc2C)=N\O)ccn1. The summed E-state index contributed by atoms with van der Waals surface area (Å²) in [4.78, 5) is 4.20. The molecule has 0 fully saturated rings. The average molecular weight is 427 g/mol. The maximum atomic E-state index is 13.6. The topological polar surface area (TPSA) is 45.5 Å². The van der Waals surface area contributed by atoms with Gasteiger partial charge in [-0.25, -0.2) is 4.39 Å². The predicted molar refractivity (Wildman–Crippen MR) is 109 cm³/mol. The molecule has 5 heteroatoms. The molecule has 1 N–H and O–H groups in total. The Balaban J connectivity index is 2.05. The van der Waals surface area contributed by atoms with Crippen LogP contribution >= 0.6 is 15.9 Å². The minimum atomic E-state index is -0.258. The predicted octanol–water partition coefficient (Wildman–Crippen LogP) is 6.00. The molecule has 1 aromatic heterocycles. The van der Waals surface area contributed by atoms with E-state index in [0.29, 0.717) is 12.1 Å². The zero-order valence-electron chi connectivity index (χ0n) is 15.2. The molecule has 0 radical (unpaired) electrons. The average Bonchev–Trinajstić information content (AvgIpc) is 2.64. The summed E-state index contributed by atoms with van der Waals surface area (Å²) >= 11 is 3.46. The van der Waals surface area contributed by atoms with Crippen molar-refractivity contribution >= 4 is 21.6 Å². The molecule has 0 aliphatic carbocycles. The van der Waals surface area contributed by atoms with E-state index in [1.807, 2.05) is 56.3 Å². The van der Waals surface area contributed by atoms with Gasteiger partial charge in [0, 0.05) is 34.3 Å². The molecule has 0 aliphatic heterocycles. The molecule has 0 spiro atoms. The van der Waals surface area contributed by atoms with Gasteiger partial charge in [-0.15, -0.1) is 0 Å². The van der Waals surface area contributed by atoms with Gasteiger partial charge in [0.1, 0.15) is 5.82 Å². The first-order chi connectivity index (χ1) is 13.0. The molecule has 2 aromatic carbocycles. The van der Waals surface area contributed by atoms with Gasteiger partial charge in [0.15, 0.2) is 0 Å². The molecule has 1 unspecified atom stereocenters. The third-order valence-electron chi connectivity index (χ3n) is 4.63. The van der Waals surface area contributed by atoms with Crippen molar-refractivity contribution in [2.45, 2.75) is 26.2 Å². The van der Waals surface area contributed by atoms with Crippen molar-refractivity contribution in [1.82, 2.24) is 4.98 Å². The maximum Gasteiger partial charge on any atom is 0.123 e. The van der Waals surface area contributed by atoms with Crippen LogP contribution in [-0.4, -0.2) is 15.9 Å². The number of hydrogen-bond donors (Lipinski definition) is 1. The molecule has 0 aliphatic rings. The Bertz CT molecular complexity index is 970. The van der Waals surface area contributed by atoms with E-state index < -0.39 is 0 Å². The fourth-order valence-corrected chi connectivity index (χ4v) is 3.53. The smallest absolute Gasteiger partial charge is 0.123 e. The van der Waals surface area contributed by atoms with Crippen LogP contribution in [0.15, 0.2) is 70.4 Å². The van der Waals surface area contributed by atoms with E-state index in [1.54, 1.807) is 6.20 Å². The van der Waals surface area contributed by atoms with Gasteiger partial charge >= 0.3 is 0 Å². The van der Waals surface area contributed by atoms with Crippen molar-refractivity contribution in [2.24, 2.45) is 5.16 Å². The summed E-state index contributed by atoms with van der Waals surface area (Å²) in [6, 6.07) is 16.6. The van der Waals surface area contributed by atoms with E-state index in [1.165, 1.54) is 12.1 Å². The quantitative estimate of drug-likeness (QED) is 0.308. The zero-order valence-corrected chi connectivity index (χ0v) is 16.7. The van der Waals surface area contributed by atoms with Gasteiger partial charge < -0.3 is 5.21 Å². The standard InChI is InChI=1S/C22H20BrFN2O/c1-14-11-19(24)7-8-20(14)21(16-3-5-18(23)6-4-16)13-22(26-27)17-9-10-25-15(2)12-17/h3-12,21,27H,13H2,1-2H3/b26-22-. The minimum Gasteiger partial charge on any atom is -0.411 e. The fourth-order valence-electron chi connectivity index (χ4n) is 3.27. The van der Waals surface area contributed by atoms with E-state index in [-0.39, 0.29) is 11.7 Å². The summed E-state index contributed by atoms with van der Waals surface area (Å²) in [7, 11) is 0. The van der Waals surface area contributed by atoms with Gasteiger partial charge in [-0.1, -0.05) is 39.3 Å². The second-order valence-corrected chi connectivity index (χ2v) is 7.46. The highest BCUT2D eigenvalue weighted by atomic mass is 79.9. The lowest BCUT2D eigenvalue weighted by Gasteiger charge is -2.21. The summed E-state index contributed by atoms with van der Waals surface area (Å²) in [6.45, 7) is 3.80. The van der Waals surface area contributed by atoms with Crippen molar-refractivity contribution in [2.75, 3.05) is 0 Å². The van der Waals surface area contributed by atoms with Crippen LogP contribution in [-0.2, 0) is 0 Å². The number of pyridine rings is 1. The van der Waals surface area contributed by atoms with Gasteiger partial charge in [-0.2, -0.15) is 0 Å². The van der Waals surface area contributed by atoms with E-state index >= 15 is 0 Å². The Morgan fingerprint density at radius 2 is 1.85 bits per heavy atom. The number of nitrogens with zero attached hydrogens (tertiary/aromatic N) is 2. The van der Waals surface area contributed by atoms with Crippen LogP contribution in [0.5, 0.6) is 0 Å². The number of aromatic nitrogens is 1. The molecule has 3 rings (SSSR count). The molecule has 0 saturated heterocycles. The van der Waals surface area contributed by atoms with Crippen LogP contribution < -0.4 is 0 Å². The number of rotatable bonds is 5. The van der Waals surface area contributed by atoms with Gasteiger partial charge in [0.25, 0.3) is 0 Å². The number of aryl methyl sites for hydroxylation is 2. The highest BCUT2D eigenvalue weighted by molar-refractivity contribution is 9.10. The molecule has 138 valence electrons. The van der Waals surface area contributed by atoms with Crippen LogP contribution in [0.25, 0.3) is 0 Å². The molecule has 3 nitrogen and oxygen atoms in total. The molecule has 0 amide bonds. The number of halogens is 2. The molecule has 27 heavy (non-hydrogen) atoms. The lowest BCUT2D eigenvalue weighted by Crippen LogP contribution is -2.12. The molecule has 1 heterocycles. The Morgan fingerprint density at radius 1 is 1.11 bits per heavy atom. The summed E-state index contributed by atoms with van der Waals surface area (Å²) in [5, 5.41) is 13.2. The largest absolute Gasteiger partial charge is 0.411 e. The first-order valence-corrected chi connectivity index (χ1v) is 9.42. The fraction of sp³-hybridized carbons (Fsp3) is 0.182. The highest BCUT2D eigenvalue weighted by Gasteiger charge is 2.21. The lowest BCUT2D eigenvalue weighted by atomic mass is 9.83. The van der Waals surface area contributed by atoms with Crippen LogP contribution in [0.4, 0.5) is 4.39 Å². The number of oxime groups is 1. The first kappa shape index (κ1) is 19.2. The maximum absolute atomic E-state index is 13.6. The number of hydrogen-bond acceptors (Lipinski definition) is 3. The van der Waals surface area contributed by atoms with Crippen LogP contribution in [0.1, 0.15) is 40.3 Å². The number of benzene rings is 2. The van der Waals surface area contributed by atoms with Crippen molar-refractivity contribution in [3.05, 3.63) is 99.0 Å². The first-order valence-electron chi connectivity index (χ1n) is 8.63. The summed E-state index contributed by atoms with van der Waals surface area (Å²) < 4.78 is 14.6. The summed E-state index contributed by atoms with van der Waals surface area (Å²) in [5.74, 6) is -0.329. The van der Waals surface area contributed by atoms with Crippen molar-refractivity contribution in [1.29, 1.82) is 0 Å². The highest BCUT2D eigenvalue weighted by Crippen LogP contribution is 2.33. The van der Waals surface area contributed by atoms with E-state index in [2.05, 4.69) is 26.1 Å². The Kier molecular flexibility index (Phi) is 6.01. The Hall–Kier alpha value is -2.53. The molecule has 1 atom stereocenters. The monoisotopic (exact) mass is 426 g/mol. The minimum absolute atomic E-state index is 0.0712. The Morgan fingerprint density at radius 3 is 2.48 bits per heavy atom. The van der Waals surface area contributed by atoms with E-state index in [4.69, 9.17) is 0 Å².